The number of carbonyl (C=O) groups excluding carboxylic acids is 1. The molecular formula is C7H14N2OS. The Balaban J connectivity index is 4.12. The molecule has 1 atom stereocenters. The normalized spacial score (nSPS) is 12.7. The van der Waals surface area contributed by atoms with Crippen LogP contribution in [0.15, 0.2) is 0 Å². The summed E-state index contributed by atoms with van der Waals surface area (Å²) in [7, 11) is 0. The molecule has 0 radical (unpaired) electrons. The van der Waals surface area contributed by atoms with E-state index in [1.165, 1.54) is 6.92 Å². The van der Waals surface area contributed by atoms with Crippen molar-refractivity contribution in [2.75, 3.05) is 0 Å². The van der Waals surface area contributed by atoms with Gasteiger partial charge in [-0.3, -0.25) is 4.79 Å². The van der Waals surface area contributed by atoms with Gasteiger partial charge in [-0.1, -0.05) is 13.8 Å². The number of thiocarbonyl (C=S) groups is 1. The molecule has 0 saturated heterocycles. The van der Waals surface area contributed by atoms with Crippen molar-refractivity contribution in [2.45, 2.75) is 26.8 Å². The maximum atomic E-state index is 10.9. The van der Waals surface area contributed by atoms with Crippen molar-refractivity contribution < 1.29 is 4.79 Å². The zero-order chi connectivity index (χ0) is 9.02. The molecule has 0 fully saturated rings. The SMILES string of the molecule is CC(=O)C(NC(N)=S)C(C)C. The molecule has 0 heterocycles. The second-order valence-electron chi connectivity index (χ2n) is 2.84. The van der Waals surface area contributed by atoms with Crippen LogP contribution in [-0.2, 0) is 4.79 Å². The Morgan fingerprint density at radius 1 is 1.55 bits per heavy atom. The third-order valence-corrected chi connectivity index (χ3v) is 1.52. The molecule has 1 unspecified atom stereocenters. The van der Waals surface area contributed by atoms with Gasteiger partial charge < -0.3 is 11.1 Å². The Morgan fingerprint density at radius 3 is 2.09 bits per heavy atom. The van der Waals surface area contributed by atoms with Gasteiger partial charge in [0.25, 0.3) is 0 Å². The first-order chi connectivity index (χ1) is 4.95. The summed E-state index contributed by atoms with van der Waals surface area (Å²) in [6, 6.07) is -0.243. The molecule has 0 bridgehead atoms. The third-order valence-electron chi connectivity index (χ3n) is 1.40. The van der Waals surface area contributed by atoms with Crippen molar-refractivity contribution >= 4 is 23.1 Å². The van der Waals surface area contributed by atoms with E-state index in [1.54, 1.807) is 0 Å². The predicted octanol–water partition coefficient (Wildman–Crippen LogP) is 0.433. The first kappa shape index (κ1) is 10.4. The lowest BCUT2D eigenvalue weighted by Crippen LogP contribution is -2.45. The van der Waals surface area contributed by atoms with Gasteiger partial charge in [0.15, 0.2) is 10.9 Å². The molecule has 0 aromatic carbocycles. The number of ketones is 1. The van der Waals surface area contributed by atoms with Gasteiger partial charge in [0.05, 0.1) is 6.04 Å². The largest absolute Gasteiger partial charge is 0.376 e. The van der Waals surface area contributed by atoms with Gasteiger partial charge in [-0.25, -0.2) is 0 Å². The van der Waals surface area contributed by atoms with Crippen molar-refractivity contribution in [1.29, 1.82) is 0 Å². The molecule has 0 aliphatic rings. The first-order valence-corrected chi connectivity index (χ1v) is 3.92. The van der Waals surface area contributed by atoms with Crippen LogP contribution < -0.4 is 11.1 Å². The Bertz CT molecular complexity index is 168. The fourth-order valence-corrected chi connectivity index (χ4v) is 1.02. The molecule has 0 aromatic heterocycles. The quantitative estimate of drug-likeness (QED) is 0.609. The highest BCUT2D eigenvalue weighted by molar-refractivity contribution is 7.80. The van der Waals surface area contributed by atoms with E-state index in [1.807, 2.05) is 13.8 Å². The first-order valence-electron chi connectivity index (χ1n) is 3.51. The monoisotopic (exact) mass is 174 g/mol. The van der Waals surface area contributed by atoms with Gasteiger partial charge in [-0.2, -0.15) is 0 Å². The van der Waals surface area contributed by atoms with Gasteiger partial charge in [0.2, 0.25) is 0 Å². The third kappa shape index (κ3) is 3.93. The molecule has 11 heavy (non-hydrogen) atoms. The van der Waals surface area contributed by atoms with Crippen LogP contribution in [0.1, 0.15) is 20.8 Å². The van der Waals surface area contributed by atoms with E-state index in [9.17, 15) is 4.79 Å². The second-order valence-corrected chi connectivity index (χ2v) is 3.28. The molecule has 0 rings (SSSR count). The summed E-state index contributed by atoms with van der Waals surface area (Å²) in [4.78, 5) is 10.9. The number of hydrogen-bond donors (Lipinski definition) is 2. The highest BCUT2D eigenvalue weighted by Crippen LogP contribution is 2.01. The van der Waals surface area contributed by atoms with Crippen LogP contribution in [-0.4, -0.2) is 16.9 Å². The molecule has 0 amide bonds. The van der Waals surface area contributed by atoms with Crippen molar-refractivity contribution in [1.82, 2.24) is 5.32 Å². The summed E-state index contributed by atoms with van der Waals surface area (Å²) in [5, 5.41) is 2.92. The number of nitrogens with two attached hydrogens (primary N) is 1. The summed E-state index contributed by atoms with van der Waals surface area (Å²) < 4.78 is 0. The highest BCUT2D eigenvalue weighted by atomic mass is 32.1. The van der Waals surface area contributed by atoms with E-state index < -0.39 is 0 Å². The molecule has 3 nitrogen and oxygen atoms in total. The van der Waals surface area contributed by atoms with E-state index in [4.69, 9.17) is 5.73 Å². The van der Waals surface area contributed by atoms with Crippen LogP contribution in [0.5, 0.6) is 0 Å². The predicted molar refractivity (Wildman–Crippen MR) is 49.2 cm³/mol. The average Bonchev–Trinajstić information content (AvgIpc) is 1.81. The summed E-state index contributed by atoms with van der Waals surface area (Å²) in [6.07, 6.45) is 0. The van der Waals surface area contributed by atoms with Gasteiger partial charge in [0, 0.05) is 0 Å². The van der Waals surface area contributed by atoms with Crippen molar-refractivity contribution in [3.63, 3.8) is 0 Å². The lowest BCUT2D eigenvalue weighted by atomic mass is 10.0. The Labute approximate surface area is 72.3 Å². The molecule has 0 aliphatic heterocycles. The number of hydrogen-bond acceptors (Lipinski definition) is 2. The number of rotatable bonds is 3. The van der Waals surface area contributed by atoms with Crippen LogP contribution >= 0.6 is 12.2 Å². The van der Waals surface area contributed by atoms with Crippen LogP contribution in [0.4, 0.5) is 0 Å². The lowest BCUT2D eigenvalue weighted by Gasteiger charge is -2.18. The van der Waals surface area contributed by atoms with E-state index in [2.05, 4.69) is 17.5 Å². The molecule has 0 saturated carbocycles. The fourth-order valence-electron chi connectivity index (χ4n) is 0.891. The van der Waals surface area contributed by atoms with Crippen molar-refractivity contribution in [2.24, 2.45) is 11.7 Å². The standard InChI is InChI=1S/C7H14N2OS/c1-4(2)6(5(3)10)9-7(8)11/h4,6H,1-3H3,(H3,8,9,11). The topological polar surface area (TPSA) is 55.1 Å². The van der Waals surface area contributed by atoms with Crippen molar-refractivity contribution in [3.05, 3.63) is 0 Å². The Hall–Kier alpha value is -0.640. The molecule has 64 valence electrons. The summed E-state index contributed by atoms with van der Waals surface area (Å²) in [6.45, 7) is 5.41. The smallest absolute Gasteiger partial charge is 0.164 e. The van der Waals surface area contributed by atoms with E-state index in [0.29, 0.717) is 0 Å². The minimum absolute atomic E-state index is 0.0628. The minimum atomic E-state index is -0.243. The average molecular weight is 174 g/mol. The fraction of sp³-hybridized carbons (Fsp3) is 0.714. The molecule has 4 heteroatoms. The van der Waals surface area contributed by atoms with E-state index in [0.717, 1.165) is 0 Å². The van der Waals surface area contributed by atoms with Crippen molar-refractivity contribution in [3.8, 4) is 0 Å². The Kier molecular flexibility index (Phi) is 4.03. The minimum Gasteiger partial charge on any atom is -0.376 e. The zero-order valence-electron chi connectivity index (χ0n) is 7.05. The van der Waals surface area contributed by atoms with Crippen LogP contribution in [0.25, 0.3) is 0 Å². The highest BCUT2D eigenvalue weighted by Gasteiger charge is 2.17. The number of nitrogens with one attached hydrogen (secondary N) is 1. The summed E-state index contributed by atoms with van der Waals surface area (Å²) in [5.74, 6) is 0.279. The number of carbonyl (C=O) groups is 1. The van der Waals surface area contributed by atoms with Crippen LogP contribution in [0.3, 0.4) is 0 Å². The number of Topliss-reactive ketones (excluding diaryl/α,β-unsaturated/α-hetero) is 1. The Morgan fingerprint density at radius 2 is 2.00 bits per heavy atom. The van der Waals surface area contributed by atoms with E-state index >= 15 is 0 Å². The van der Waals surface area contributed by atoms with E-state index in [-0.39, 0.29) is 22.9 Å². The molecule has 0 aliphatic carbocycles. The maximum absolute atomic E-state index is 10.9. The van der Waals surface area contributed by atoms with Gasteiger partial charge in [-0.15, -0.1) is 0 Å². The molecule has 0 spiro atoms. The van der Waals surface area contributed by atoms with Crippen LogP contribution in [0, 0.1) is 5.92 Å². The molecule has 0 aromatic rings. The zero-order valence-corrected chi connectivity index (χ0v) is 7.87. The van der Waals surface area contributed by atoms with Crippen LogP contribution in [0.2, 0.25) is 0 Å². The molecule has 3 N–H and O–H groups in total. The second kappa shape index (κ2) is 4.28. The van der Waals surface area contributed by atoms with Gasteiger partial charge >= 0.3 is 0 Å². The maximum Gasteiger partial charge on any atom is 0.164 e. The molecular weight excluding hydrogens is 160 g/mol. The summed E-state index contributed by atoms with van der Waals surface area (Å²) >= 11 is 4.62. The van der Waals surface area contributed by atoms with Gasteiger partial charge in [-0.05, 0) is 25.1 Å². The summed E-state index contributed by atoms with van der Waals surface area (Å²) in [5.41, 5.74) is 5.24. The lowest BCUT2D eigenvalue weighted by molar-refractivity contribution is -0.119. The van der Waals surface area contributed by atoms with Gasteiger partial charge in [0.1, 0.15) is 0 Å².